The summed E-state index contributed by atoms with van der Waals surface area (Å²) in [6, 6.07) is 13.2. The van der Waals surface area contributed by atoms with Crippen LogP contribution in [0.3, 0.4) is 0 Å². The van der Waals surface area contributed by atoms with E-state index >= 15 is 0 Å². The molecule has 1 heterocycles. The van der Waals surface area contributed by atoms with Gasteiger partial charge in [0.2, 0.25) is 0 Å². The molecule has 5 heteroatoms. The van der Waals surface area contributed by atoms with Gasteiger partial charge in [-0.25, -0.2) is 9.59 Å². The normalized spacial score (nSPS) is 13.9. The van der Waals surface area contributed by atoms with Crippen LogP contribution in [0.2, 0.25) is 0 Å². The molecule has 0 amide bonds. The molecule has 0 aliphatic heterocycles. The van der Waals surface area contributed by atoms with Crippen LogP contribution < -0.4 is 10.4 Å². The number of hydrogen-bond donors (Lipinski definition) is 0. The lowest BCUT2D eigenvalue weighted by molar-refractivity contribution is -0.152. The highest BCUT2D eigenvalue weighted by Crippen LogP contribution is 2.33. The van der Waals surface area contributed by atoms with Crippen LogP contribution in [0.5, 0.6) is 5.75 Å². The Balaban J connectivity index is 1.53. The first-order chi connectivity index (χ1) is 13.5. The third-order valence-electron chi connectivity index (χ3n) is 5.20. The predicted molar refractivity (Wildman–Crippen MR) is 106 cm³/mol. The summed E-state index contributed by atoms with van der Waals surface area (Å²) in [7, 11) is 0. The Morgan fingerprint density at radius 3 is 2.64 bits per heavy atom. The number of rotatable bonds is 5. The van der Waals surface area contributed by atoms with Gasteiger partial charge >= 0.3 is 11.6 Å². The summed E-state index contributed by atoms with van der Waals surface area (Å²) in [5.41, 5.74) is 3.77. The van der Waals surface area contributed by atoms with Crippen LogP contribution in [0, 0.1) is 6.92 Å². The Morgan fingerprint density at radius 1 is 1.11 bits per heavy atom. The van der Waals surface area contributed by atoms with Crippen molar-refractivity contribution in [1.29, 1.82) is 0 Å². The van der Waals surface area contributed by atoms with Gasteiger partial charge in [-0.1, -0.05) is 30.3 Å². The minimum atomic E-state index is -0.777. The maximum atomic E-state index is 12.3. The fraction of sp³-hybridized carbons (Fsp3) is 0.304. The van der Waals surface area contributed by atoms with E-state index in [1.165, 1.54) is 0 Å². The zero-order chi connectivity index (χ0) is 19.7. The third-order valence-corrected chi connectivity index (χ3v) is 5.20. The largest absolute Gasteiger partial charge is 0.479 e. The van der Waals surface area contributed by atoms with E-state index in [-0.39, 0.29) is 12.2 Å². The minimum absolute atomic E-state index is 0.199. The standard InChI is InChI=1S/C23H22O5/c1-14-20(27-15(2)22(24)26-13-16-7-4-3-5-8-16)12-11-18-17-9-6-10-19(17)23(25)28-21(14)18/h3-5,7-8,11-12,15H,6,9-10,13H2,1-2H3/t15-/m1/s1. The van der Waals surface area contributed by atoms with Gasteiger partial charge in [-0.15, -0.1) is 0 Å². The van der Waals surface area contributed by atoms with E-state index in [1.54, 1.807) is 6.92 Å². The second-order valence-electron chi connectivity index (χ2n) is 7.12. The van der Waals surface area contributed by atoms with E-state index in [2.05, 4.69) is 0 Å². The van der Waals surface area contributed by atoms with Gasteiger partial charge in [0.25, 0.3) is 0 Å². The second-order valence-corrected chi connectivity index (χ2v) is 7.12. The van der Waals surface area contributed by atoms with E-state index in [0.29, 0.717) is 16.9 Å². The molecule has 1 atom stereocenters. The number of fused-ring (bicyclic) bond motifs is 3. The van der Waals surface area contributed by atoms with Crippen molar-refractivity contribution in [3.05, 3.63) is 75.1 Å². The lowest BCUT2D eigenvalue weighted by Gasteiger charge is -2.17. The minimum Gasteiger partial charge on any atom is -0.479 e. The molecule has 28 heavy (non-hydrogen) atoms. The van der Waals surface area contributed by atoms with Gasteiger partial charge in [0.15, 0.2) is 6.10 Å². The summed E-state index contributed by atoms with van der Waals surface area (Å²) in [6.45, 7) is 3.69. The first-order valence-corrected chi connectivity index (χ1v) is 9.50. The average molecular weight is 378 g/mol. The number of aryl methyl sites for hydroxylation is 2. The molecule has 144 valence electrons. The van der Waals surface area contributed by atoms with Crippen LogP contribution >= 0.6 is 0 Å². The second kappa shape index (κ2) is 7.50. The van der Waals surface area contributed by atoms with E-state index < -0.39 is 12.1 Å². The van der Waals surface area contributed by atoms with E-state index in [4.69, 9.17) is 13.9 Å². The lowest BCUT2D eigenvalue weighted by Crippen LogP contribution is -2.26. The van der Waals surface area contributed by atoms with Crippen LogP contribution in [0.15, 0.2) is 51.7 Å². The average Bonchev–Trinajstić information content (AvgIpc) is 3.20. The molecule has 1 aliphatic carbocycles. The summed E-state index contributed by atoms with van der Waals surface area (Å²) in [5.74, 6) is 0.0662. The van der Waals surface area contributed by atoms with Crippen LogP contribution in [0.1, 0.15) is 35.6 Å². The number of benzene rings is 2. The predicted octanol–water partition coefficient (Wildman–Crippen LogP) is 4.10. The SMILES string of the molecule is Cc1c(O[C@H](C)C(=O)OCc2ccccc2)ccc2c3c(c(=O)oc12)CCC3. The fourth-order valence-corrected chi connectivity index (χ4v) is 3.68. The number of carbonyl (C=O) groups is 1. The molecule has 0 bridgehead atoms. The van der Waals surface area contributed by atoms with Gasteiger partial charge in [-0.3, -0.25) is 0 Å². The number of esters is 1. The third kappa shape index (κ3) is 3.40. The fourth-order valence-electron chi connectivity index (χ4n) is 3.68. The van der Waals surface area contributed by atoms with Crippen molar-refractivity contribution in [3.63, 3.8) is 0 Å². The van der Waals surface area contributed by atoms with Crippen molar-refractivity contribution in [1.82, 2.24) is 0 Å². The van der Waals surface area contributed by atoms with Crippen molar-refractivity contribution in [2.24, 2.45) is 0 Å². The Kier molecular flexibility index (Phi) is 4.90. The number of hydrogen-bond acceptors (Lipinski definition) is 5. The van der Waals surface area contributed by atoms with Gasteiger partial charge in [-0.2, -0.15) is 0 Å². The Morgan fingerprint density at radius 2 is 1.86 bits per heavy atom. The van der Waals surface area contributed by atoms with Crippen molar-refractivity contribution < 1.29 is 18.7 Å². The Bertz CT molecular complexity index is 1080. The summed E-state index contributed by atoms with van der Waals surface area (Å²) < 4.78 is 16.7. The molecule has 5 nitrogen and oxygen atoms in total. The van der Waals surface area contributed by atoms with Crippen molar-refractivity contribution in [2.45, 2.75) is 45.8 Å². The molecular weight excluding hydrogens is 356 g/mol. The van der Waals surface area contributed by atoms with E-state index in [9.17, 15) is 9.59 Å². The molecule has 1 aromatic heterocycles. The molecule has 0 unspecified atom stereocenters. The summed E-state index contributed by atoms with van der Waals surface area (Å²) in [4.78, 5) is 24.5. The number of carbonyl (C=O) groups excluding carboxylic acids is 1. The molecule has 2 aromatic carbocycles. The van der Waals surface area contributed by atoms with Crippen LogP contribution in [0.4, 0.5) is 0 Å². The van der Waals surface area contributed by atoms with Gasteiger partial charge < -0.3 is 13.9 Å². The smallest absolute Gasteiger partial charge is 0.347 e. The topological polar surface area (TPSA) is 65.7 Å². The first-order valence-electron chi connectivity index (χ1n) is 9.50. The Labute approximate surface area is 162 Å². The van der Waals surface area contributed by atoms with Crippen molar-refractivity contribution in [2.75, 3.05) is 0 Å². The summed E-state index contributed by atoms with van der Waals surface area (Å²) in [5, 5.41) is 0.955. The number of ether oxygens (including phenoxy) is 2. The van der Waals surface area contributed by atoms with E-state index in [1.807, 2.05) is 49.4 Å². The van der Waals surface area contributed by atoms with Crippen LogP contribution in [-0.4, -0.2) is 12.1 Å². The first kappa shape index (κ1) is 18.3. The molecule has 0 saturated heterocycles. The van der Waals surface area contributed by atoms with Crippen LogP contribution in [-0.2, 0) is 29.0 Å². The maximum absolute atomic E-state index is 12.3. The van der Waals surface area contributed by atoms with E-state index in [0.717, 1.165) is 41.3 Å². The van der Waals surface area contributed by atoms with Gasteiger partial charge in [0.1, 0.15) is 17.9 Å². The molecule has 0 spiro atoms. The van der Waals surface area contributed by atoms with Gasteiger partial charge in [0.05, 0.1) is 0 Å². The molecule has 3 aromatic rings. The van der Waals surface area contributed by atoms with Crippen molar-refractivity contribution >= 4 is 16.9 Å². The van der Waals surface area contributed by atoms with Crippen molar-refractivity contribution in [3.8, 4) is 5.75 Å². The summed E-state index contributed by atoms with van der Waals surface area (Å²) >= 11 is 0. The molecule has 4 rings (SSSR count). The molecule has 0 N–H and O–H groups in total. The Hall–Kier alpha value is -3.08. The van der Waals surface area contributed by atoms with Gasteiger partial charge in [-0.05, 0) is 56.4 Å². The zero-order valence-electron chi connectivity index (χ0n) is 16.0. The summed E-state index contributed by atoms with van der Waals surface area (Å²) in [6.07, 6.45) is 1.86. The highest BCUT2D eigenvalue weighted by atomic mass is 16.6. The maximum Gasteiger partial charge on any atom is 0.347 e. The highest BCUT2D eigenvalue weighted by molar-refractivity contribution is 5.86. The monoisotopic (exact) mass is 378 g/mol. The lowest BCUT2D eigenvalue weighted by atomic mass is 10.0. The molecule has 0 fully saturated rings. The molecule has 1 aliphatic rings. The van der Waals surface area contributed by atoms with Gasteiger partial charge in [0, 0.05) is 16.5 Å². The zero-order valence-corrected chi connectivity index (χ0v) is 16.0. The highest BCUT2D eigenvalue weighted by Gasteiger charge is 2.23. The van der Waals surface area contributed by atoms with Crippen LogP contribution in [0.25, 0.3) is 11.0 Å². The quantitative estimate of drug-likeness (QED) is 0.494. The molecular formula is C23H22O5. The molecule has 0 radical (unpaired) electrons. The molecule has 0 saturated carbocycles.